The molecule has 3 aliphatic rings. The van der Waals surface area contributed by atoms with Gasteiger partial charge in [-0.1, -0.05) is 13.8 Å². The molecule has 17 heavy (non-hydrogen) atoms. The van der Waals surface area contributed by atoms with Crippen LogP contribution in [0.5, 0.6) is 0 Å². The fourth-order valence-electron chi connectivity index (χ4n) is 4.96. The van der Waals surface area contributed by atoms with E-state index in [1.165, 1.54) is 6.42 Å². The SMILES string of the molecule is C[C@@H]1CC[C@H](O)[C@@]2(C)CC[C@@H]3C[C@]12OC3(C)C. The minimum Gasteiger partial charge on any atom is -0.392 e. The first-order valence-electron chi connectivity index (χ1n) is 7.20. The zero-order chi connectivity index (χ0) is 12.5. The fourth-order valence-corrected chi connectivity index (χ4v) is 4.96. The van der Waals surface area contributed by atoms with Crippen molar-refractivity contribution >= 4 is 0 Å². The van der Waals surface area contributed by atoms with E-state index in [1.54, 1.807) is 0 Å². The standard InChI is InChI=1S/C15H26O2/c1-10-5-6-12(16)14(4)8-7-11-9-15(10,14)17-13(11,2)3/h10-12,16H,5-9H2,1-4H3/t10-,11-,12+,14-,15+/m1/s1. The van der Waals surface area contributed by atoms with Crippen LogP contribution in [0.25, 0.3) is 0 Å². The van der Waals surface area contributed by atoms with Crippen molar-refractivity contribution in [2.45, 2.75) is 77.1 Å². The van der Waals surface area contributed by atoms with Crippen molar-refractivity contribution < 1.29 is 9.84 Å². The minimum absolute atomic E-state index is 0.00306. The molecule has 2 saturated carbocycles. The van der Waals surface area contributed by atoms with E-state index in [2.05, 4.69) is 27.7 Å². The molecule has 0 aromatic rings. The Bertz CT molecular complexity index is 338. The van der Waals surface area contributed by atoms with Crippen LogP contribution in [0.2, 0.25) is 0 Å². The van der Waals surface area contributed by atoms with Gasteiger partial charge in [0.2, 0.25) is 0 Å². The Balaban J connectivity index is 2.07. The second-order valence-corrected chi connectivity index (χ2v) is 7.45. The van der Waals surface area contributed by atoms with E-state index in [-0.39, 0.29) is 22.7 Å². The Kier molecular flexibility index (Phi) is 2.30. The first kappa shape index (κ1) is 12.0. The Morgan fingerprint density at radius 3 is 2.53 bits per heavy atom. The van der Waals surface area contributed by atoms with E-state index in [1.807, 2.05) is 0 Å². The molecule has 3 fully saturated rings. The van der Waals surface area contributed by atoms with Crippen molar-refractivity contribution in [1.82, 2.24) is 0 Å². The number of aliphatic hydroxyl groups is 1. The van der Waals surface area contributed by atoms with E-state index in [4.69, 9.17) is 4.74 Å². The predicted octanol–water partition coefficient (Wildman–Crippen LogP) is 3.13. The Morgan fingerprint density at radius 2 is 1.82 bits per heavy atom. The lowest BCUT2D eigenvalue weighted by atomic mass is 9.51. The summed E-state index contributed by atoms with van der Waals surface area (Å²) in [6, 6.07) is 0. The molecule has 1 aliphatic heterocycles. The number of aliphatic hydroxyl groups excluding tert-OH is 1. The van der Waals surface area contributed by atoms with Gasteiger partial charge in [0.05, 0.1) is 17.3 Å². The maximum absolute atomic E-state index is 10.5. The van der Waals surface area contributed by atoms with Crippen molar-refractivity contribution in [2.75, 3.05) is 0 Å². The second-order valence-electron chi connectivity index (χ2n) is 7.45. The quantitative estimate of drug-likeness (QED) is 0.702. The van der Waals surface area contributed by atoms with Crippen LogP contribution in [-0.4, -0.2) is 22.4 Å². The van der Waals surface area contributed by atoms with Crippen LogP contribution in [0.1, 0.15) is 59.8 Å². The summed E-state index contributed by atoms with van der Waals surface area (Å²) < 4.78 is 6.59. The molecule has 2 heteroatoms. The lowest BCUT2D eigenvalue weighted by Crippen LogP contribution is -2.61. The van der Waals surface area contributed by atoms with Crippen LogP contribution >= 0.6 is 0 Å². The van der Waals surface area contributed by atoms with Gasteiger partial charge < -0.3 is 9.84 Å². The van der Waals surface area contributed by atoms with E-state index in [0.717, 1.165) is 25.7 Å². The summed E-state index contributed by atoms with van der Waals surface area (Å²) in [5, 5.41) is 10.5. The zero-order valence-corrected chi connectivity index (χ0v) is 11.6. The highest BCUT2D eigenvalue weighted by Gasteiger charge is 2.67. The number of rotatable bonds is 0. The first-order valence-corrected chi connectivity index (χ1v) is 7.20. The third-order valence-corrected chi connectivity index (χ3v) is 6.36. The summed E-state index contributed by atoms with van der Waals surface area (Å²) in [6.45, 7) is 9.08. The lowest BCUT2D eigenvalue weighted by Gasteiger charge is -2.57. The van der Waals surface area contributed by atoms with Crippen LogP contribution in [-0.2, 0) is 4.74 Å². The number of hydrogen-bond acceptors (Lipinski definition) is 2. The van der Waals surface area contributed by atoms with Crippen LogP contribution in [0, 0.1) is 17.3 Å². The average Bonchev–Trinajstić information content (AvgIpc) is 2.49. The van der Waals surface area contributed by atoms with E-state index in [0.29, 0.717) is 11.8 Å². The van der Waals surface area contributed by atoms with Gasteiger partial charge in [-0.25, -0.2) is 0 Å². The van der Waals surface area contributed by atoms with Crippen molar-refractivity contribution in [2.24, 2.45) is 17.3 Å². The van der Waals surface area contributed by atoms with Crippen molar-refractivity contribution in [3.8, 4) is 0 Å². The predicted molar refractivity (Wildman–Crippen MR) is 67.7 cm³/mol. The summed E-state index contributed by atoms with van der Waals surface area (Å²) in [4.78, 5) is 0. The topological polar surface area (TPSA) is 29.5 Å². The lowest BCUT2D eigenvalue weighted by molar-refractivity contribution is -0.226. The minimum atomic E-state index is -0.173. The molecule has 2 bridgehead atoms. The molecule has 1 spiro atoms. The van der Waals surface area contributed by atoms with E-state index >= 15 is 0 Å². The van der Waals surface area contributed by atoms with Gasteiger partial charge >= 0.3 is 0 Å². The summed E-state index contributed by atoms with van der Waals surface area (Å²) in [6.07, 6.45) is 5.40. The van der Waals surface area contributed by atoms with Gasteiger partial charge in [0, 0.05) is 5.41 Å². The Morgan fingerprint density at radius 1 is 1.12 bits per heavy atom. The van der Waals surface area contributed by atoms with E-state index < -0.39 is 0 Å². The smallest absolute Gasteiger partial charge is 0.0796 e. The molecule has 5 atom stereocenters. The van der Waals surface area contributed by atoms with Gasteiger partial charge in [-0.15, -0.1) is 0 Å². The van der Waals surface area contributed by atoms with Crippen molar-refractivity contribution in [3.05, 3.63) is 0 Å². The van der Waals surface area contributed by atoms with Gasteiger partial charge in [0.25, 0.3) is 0 Å². The molecular weight excluding hydrogens is 212 g/mol. The maximum atomic E-state index is 10.5. The van der Waals surface area contributed by atoms with E-state index in [9.17, 15) is 5.11 Å². The molecule has 1 N–H and O–H groups in total. The van der Waals surface area contributed by atoms with Gasteiger partial charge in [-0.3, -0.25) is 0 Å². The molecular formula is C15H26O2. The van der Waals surface area contributed by atoms with Gasteiger partial charge in [0.15, 0.2) is 0 Å². The number of ether oxygens (including phenoxy) is 1. The summed E-state index contributed by atoms with van der Waals surface area (Å²) in [5.41, 5.74) is -0.0743. The molecule has 3 rings (SSSR count). The monoisotopic (exact) mass is 238 g/mol. The van der Waals surface area contributed by atoms with Crippen molar-refractivity contribution in [3.63, 3.8) is 0 Å². The third kappa shape index (κ3) is 1.29. The van der Waals surface area contributed by atoms with Crippen LogP contribution in [0.4, 0.5) is 0 Å². The highest BCUT2D eigenvalue weighted by atomic mass is 16.5. The molecule has 2 aliphatic carbocycles. The molecule has 98 valence electrons. The highest BCUT2D eigenvalue weighted by Crippen LogP contribution is 2.65. The summed E-state index contributed by atoms with van der Waals surface area (Å²) >= 11 is 0. The van der Waals surface area contributed by atoms with Gasteiger partial charge in [0.1, 0.15) is 0 Å². The summed E-state index contributed by atoms with van der Waals surface area (Å²) in [5.74, 6) is 1.27. The van der Waals surface area contributed by atoms with Gasteiger partial charge in [-0.2, -0.15) is 0 Å². The molecule has 1 heterocycles. The third-order valence-electron chi connectivity index (χ3n) is 6.36. The fraction of sp³-hybridized carbons (Fsp3) is 1.00. The number of fused-ring (bicyclic) bond motifs is 1. The Labute approximate surface area is 105 Å². The second kappa shape index (κ2) is 3.27. The van der Waals surface area contributed by atoms with Crippen LogP contribution < -0.4 is 0 Å². The van der Waals surface area contributed by atoms with Crippen molar-refractivity contribution in [1.29, 1.82) is 0 Å². The van der Waals surface area contributed by atoms with Crippen LogP contribution in [0.15, 0.2) is 0 Å². The highest BCUT2D eigenvalue weighted by molar-refractivity contribution is 5.16. The summed E-state index contributed by atoms with van der Waals surface area (Å²) in [7, 11) is 0. The Hall–Kier alpha value is -0.0800. The molecule has 0 unspecified atom stereocenters. The molecule has 1 saturated heterocycles. The average molecular weight is 238 g/mol. The number of hydrogen-bond donors (Lipinski definition) is 1. The van der Waals surface area contributed by atoms with Crippen LogP contribution in [0.3, 0.4) is 0 Å². The largest absolute Gasteiger partial charge is 0.392 e. The molecule has 0 amide bonds. The maximum Gasteiger partial charge on any atom is 0.0796 e. The first-order chi connectivity index (χ1) is 7.82. The molecule has 0 aromatic heterocycles. The normalized spacial score (nSPS) is 56.6. The molecule has 0 radical (unpaired) electrons. The zero-order valence-electron chi connectivity index (χ0n) is 11.6. The molecule has 0 aromatic carbocycles. The van der Waals surface area contributed by atoms with Gasteiger partial charge in [-0.05, 0) is 57.8 Å². The molecule has 2 nitrogen and oxygen atoms in total.